The van der Waals surface area contributed by atoms with Crippen molar-refractivity contribution in [1.82, 2.24) is 4.98 Å². The summed E-state index contributed by atoms with van der Waals surface area (Å²) in [5.41, 5.74) is 1.75. The predicted molar refractivity (Wildman–Crippen MR) is 86.3 cm³/mol. The molecule has 1 aromatic carbocycles. The van der Waals surface area contributed by atoms with Crippen LogP contribution >= 0.6 is 23.4 Å². The molecule has 0 saturated carbocycles. The molecule has 0 amide bonds. The Balaban J connectivity index is 1.85. The topological polar surface area (TPSA) is 39.2 Å². The van der Waals surface area contributed by atoms with E-state index in [9.17, 15) is 4.79 Å². The molecule has 21 heavy (non-hydrogen) atoms. The first-order valence-corrected chi connectivity index (χ1v) is 7.87. The number of rotatable bonds is 5. The second kappa shape index (κ2) is 7.86. The SMILES string of the molecule is CSc1ccc(/C=C/C(=O)OCc2ccc(Cl)nc2)cc1. The highest BCUT2D eigenvalue weighted by Gasteiger charge is 2.00. The normalized spacial score (nSPS) is 10.8. The van der Waals surface area contributed by atoms with Gasteiger partial charge in [-0.1, -0.05) is 29.8 Å². The van der Waals surface area contributed by atoms with Crippen molar-refractivity contribution in [2.24, 2.45) is 0 Å². The molecule has 3 nitrogen and oxygen atoms in total. The Kier molecular flexibility index (Phi) is 5.84. The van der Waals surface area contributed by atoms with Crippen molar-refractivity contribution in [1.29, 1.82) is 0 Å². The van der Waals surface area contributed by atoms with Gasteiger partial charge in [-0.2, -0.15) is 0 Å². The minimum absolute atomic E-state index is 0.179. The first-order chi connectivity index (χ1) is 10.2. The van der Waals surface area contributed by atoms with Crippen molar-refractivity contribution in [3.8, 4) is 0 Å². The average molecular weight is 320 g/mol. The van der Waals surface area contributed by atoms with E-state index in [2.05, 4.69) is 4.98 Å². The molecule has 0 spiro atoms. The summed E-state index contributed by atoms with van der Waals surface area (Å²) >= 11 is 7.36. The average Bonchev–Trinajstić information content (AvgIpc) is 2.53. The van der Waals surface area contributed by atoms with Crippen LogP contribution in [0, 0.1) is 0 Å². The summed E-state index contributed by atoms with van der Waals surface area (Å²) < 4.78 is 5.12. The van der Waals surface area contributed by atoms with E-state index in [1.54, 1.807) is 36.2 Å². The van der Waals surface area contributed by atoms with Crippen LogP contribution < -0.4 is 0 Å². The summed E-state index contributed by atoms with van der Waals surface area (Å²) in [6.07, 6.45) is 6.75. The van der Waals surface area contributed by atoms with Crippen molar-refractivity contribution >= 4 is 35.4 Å². The van der Waals surface area contributed by atoms with Crippen LogP contribution in [0.25, 0.3) is 6.08 Å². The molecule has 0 atom stereocenters. The number of nitrogens with zero attached hydrogens (tertiary/aromatic N) is 1. The van der Waals surface area contributed by atoms with Crippen LogP contribution in [-0.2, 0) is 16.1 Å². The second-order valence-electron chi connectivity index (χ2n) is 4.20. The number of halogens is 1. The Morgan fingerprint density at radius 1 is 1.29 bits per heavy atom. The van der Waals surface area contributed by atoms with E-state index in [1.165, 1.54) is 11.0 Å². The zero-order valence-corrected chi connectivity index (χ0v) is 13.0. The molecule has 0 aliphatic rings. The van der Waals surface area contributed by atoms with Crippen LogP contribution in [0.15, 0.2) is 53.6 Å². The fourth-order valence-electron chi connectivity index (χ4n) is 1.57. The minimum atomic E-state index is -0.390. The van der Waals surface area contributed by atoms with E-state index in [-0.39, 0.29) is 12.6 Å². The van der Waals surface area contributed by atoms with Crippen molar-refractivity contribution in [3.63, 3.8) is 0 Å². The van der Waals surface area contributed by atoms with E-state index in [1.807, 2.05) is 30.5 Å². The van der Waals surface area contributed by atoms with Gasteiger partial charge in [0.1, 0.15) is 11.8 Å². The quantitative estimate of drug-likeness (QED) is 0.358. The van der Waals surface area contributed by atoms with Crippen molar-refractivity contribution < 1.29 is 9.53 Å². The molecule has 1 heterocycles. The number of esters is 1. The maximum Gasteiger partial charge on any atom is 0.331 e. The monoisotopic (exact) mass is 319 g/mol. The zero-order chi connectivity index (χ0) is 15.1. The van der Waals surface area contributed by atoms with Gasteiger partial charge in [0.05, 0.1) is 0 Å². The van der Waals surface area contributed by atoms with Gasteiger partial charge in [0.2, 0.25) is 0 Å². The predicted octanol–water partition coefficient (Wildman–Crippen LogP) is 4.21. The number of aromatic nitrogens is 1. The molecule has 0 N–H and O–H groups in total. The van der Waals surface area contributed by atoms with Crippen LogP contribution in [0.2, 0.25) is 5.15 Å². The molecule has 2 rings (SSSR count). The van der Waals surface area contributed by atoms with E-state index in [0.29, 0.717) is 5.15 Å². The van der Waals surface area contributed by atoms with Gasteiger partial charge in [0.25, 0.3) is 0 Å². The highest BCUT2D eigenvalue weighted by molar-refractivity contribution is 7.98. The maximum atomic E-state index is 11.6. The summed E-state index contributed by atoms with van der Waals surface area (Å²) in [6.45, 7) is 0.179. The molecule has 0 saturated heterocycles. The van der Waals surface area contributed by atoms with E-state index >= 15 is 0 Å². The van der Waals surface area contributed by atoms with E-state index < -0.39 is 0 Å². The fourth-order valence-corrected chi connectivity index (χ4v) is 2.09. The number of ether oxygens (including phenoxy) is 1. The molecule has 0 aliphatic carbocycles. The third-order valence-electron chi connectivity index (χ3n) is 2.70. The Morgan fingerprint density at radius 2 is 2.05 bits per heavy atom. The van der Waals surface area contributed by atoms with Crippen molar-refractivity contribution in [3.05, 3.63) is 65.0 Å². The Hall–Kier alpha value is -1.78. The Morgan fingerprint density at radius 3 is 2.67 bits per heavy atom. The molecule has 0 unspecified atom stereocenters. The van der Waals surface area contributed by atoms with Gasteiger partial charge in [0, 0.05) is 22.7 Å². The third-order valence-corrected chi connectivity index (χ3v) is 3.66. The third kappa shape index (κ3) is 5.25. The van der Waals surface area contributed by atoms with Crippen LogP contribution in [0.4, 0.5) is 0 Å². The minimum Gasteiger partial charge on any atom is -0.458 e. The molecule has 5 heteroatoms. The number of hydrogen-bond donors (Lipinski definition) is 0. The Bertz CT molecular complexity index is 624. The summed E-state index contributed by atoms with van der Waals surface area (Å²) in [5.74, 6) is -0.390. The van der Waals surface area contributed by atoms with Gasteiger partial charge in [-0.15, -0.1) is 11.8 Å². The van der Waals surface area contributed by atoms with Gasteiger partial charge < -0.3 is 4.74 Å². The highest BCUT2D eigenvalue weighted by Crippen LogP contribution is 2.15. The number of carbonyl (C=O) groups excluding carboxylic acids is 1. The molecule has 0 aliphatic heterocycles. The number of hydrogen-bond acceptors (Lipinski definition) is 4. The molecule has 2 aromatic rings. The Labute approximate surface area is 133 Å². The molecule has 1 aromatic heterocycles. The first kappa shape index (κ1) is 15.6. The molecule has 0 fully saturated rings. The first-order valence-electron chi connectivity index (χ1n) is 6.27. The summed E-state index contributed by atoms with van der Waals surface area (Å²) in [7, 11) is 0. The lowest BCUT2D eigenvalue weighted by molar-refractivity contribution is -0.138. The van der Waals surface area contributed by atoms with Gasteiger partial charge in [-0.05, 0) is 36.1 Å². The largest absolute Gasteiger partial charge is 0.458 e. The highest BCUT2D eigenvalue weighted by atomic mass is 35.5. The molecule has 0 radical (unpaired) electrons. The second-order valence-corrected chi connectivity index (χ2v) is 5.47. The van der Waals surface area contributed by atoms with Gasteiger partial charge in [0.15, 0.2) is 0 Å². The smallest absolute Gasteiger partial charge is 0.331 e. The molecule has 108 valence electrons. The number of pyridine rings is 1. The zero-order valence-electron chi connectivity index (χ0n) is 11.5. The van der Waals surface area contributed by atoms with Gasteiger partial charge in [-0.25, -0.2) is 9.78 Å². The van der Waals surface area contributed by atoms with Crippen molar-refractivity contribution in [2.75, 3.05) is 6.26 Å². The fraction of sp³-hybridized carbons (Fsp3) is 0.125. The van der Waals surface area contributed by atoms with Gasteiger partial charge in [-0.3, -0.25) is 0 Å². The standard InChI is InChI=1S/C16H14ClNO2S/c1-21-14-6-2-12(3-7-14)5-9-16(19)20-11-13-4-8-15(17)18-10-13/h2-10H,11H2,1H3/b9-5+. The van der Waals surface area contributed by atoms with E-state index in [4.69, 9.17) is 16.3 Å². The summed E-state index contributed by atoms with van der Waals surface area (Å²) in [5, 5.41) is 0.415. The van der Waals surface area contributed by atoms with Crippen LogP contribution in [-0.4, -0.2) is 17.2 Å². The van der Waals surface area contributed by atoms with Crippen molar-refractivity contribution in [2.45, 2.75) is 11.5 Å². The lowest BCUT2D eigenvalue weighted by Gasteiger charge is -2.02. The van der Waals surface area contributed by atoms with Gasteiger partial charge >= 0.3 is 5.97 Å². The summed E-state index contributed by atoms with van der Waals surface area (Å²) in [6, 6.07) is 11.4. The lowest BCUT2D eigenvalue weighted by Crippen LogP contribution is -2.00. The number of thioether (sulfide) groups is 1. The summed E-state index contributed by atoms with van der Waals surface area (Å²) in [4.78, 5) is 16.7. The number of carbonyl (C=O) groups is 1. The van der Waals surface area contributed by atoms with Crippen LogP contribution in [0.1, 0.15) is 11.1 Å². The molecular formula is C16H14ClNO2S. The maximum absolute atomic E-state index is 11.6. The van der Waals surface area contributed by atoms with Crippen LogP contribution in [0.5, 0.6) is 0 Å². The van der Waals surface area contributed by atoms with E-state index in [0.717, 1.165) is 11.1 Å². The molecular weight excluding hydrogens is 306 g/mol. The van der Waals surface area contributed by atoms with Crippen LogP contribution in [0.3, 0.4) is 0 Å². The number of benzene rings is 1. The molecule has 0 bridgehead atoms. The lowest BCUT2D eigenvalue weighted by atomic mass is 10.2.